The maximum absolute atomic E-state index is 9.90. The monoisotopic (exact) mass is 123 g/mol. The zero-order valence-electron chi connectivity index (χ0n) is 4.34. The lowest BCUT2D eigenvalue weighted by molar-refractivity contribution is 0.593. The zero-order chi connectivity index (χ0) is 5.86. The van der Waals surface area contributed by atoms with E-state index < -0.39 is 16.1 Å². The van der Waals surface area contributed by atoms with E-state index in [0.717, 1.165) is 0 Å². The van der Waals surface area contributed by atoms with Gasteiger partial charge in [0, 0.05) is 0 Å². The van der Waals surface area contributed by atoms with Crippen molar-refractivity contribution in [1.82, 2.24) is 5.32 Å². The molecule has 0 saturated carbocycles. The highest BCUT2D eigenvalue weighted by Gasteiger charge is 1.94. The molecule has 1 atom stereocenters. The van der Waals surface area contributed by atoms with Gasteiger partial charge in [-0.05, 0) is 14.0 Å². The summed E-state index contributed by atoms with van der Waals surface area (Å²) in [5.41, 5.74) is 0. The summed E-state index contributed by atoms with van der Waals surface area (Å²) in [6, 6.07) is 0. The van der Waals surface area contributed by atoms with E-state index in [1.807, 2.05) is 0 Å². The first kappa shape index (κ1) is 6.91. The number of nitrogens with one attached hydrogen (secondary N) is 1. The number of rotatable bonds is 2. The van der Waals surface area contributed by atoms with E-state index in [-0.39, 0.29) is 0 Å². The van der Waals surface area contributed by atoms with Crippen LogP contribution in [0.4, 0.5) is 0 Å². The summed E-state index contributed by atoms with van der Waals surface area (Å²) in [5, 5.41) is 2.17. The van der Waals surface area contributed by atoms with Crippen molar-refractivity contribution in [2.45, 2.75) is 12.3 Å². The van der Waals surface area contributed by atoms with Crippen molar-refractivity contribution < 1.29 is 8.42 Å². The van der Waals surface area contributed by atoms with Gasteiger partial charge in [0.2, 0.25) is 0 Å². The number of hydrogen-bond donors (Lipinski definition) is 2. The minimum Gasteiger partial charge on any atom is -0.305 e. The van der Waals surface area contributed by atoms with E-state index in [4.69, 9.17) is 0 Å². The molecule has 0 amide bonds. The average Bonchev–Trinajstić information content (AvgIpc) is 1.65. The molecule has 44 valence electrons. The SMILES string of the molecule is CNC(C)[SH](=O)=O. The Morgan fingerprint density at radius 2 is 2.00 bits per heavy atom. The van der Waals surface area contributed by atoms with Gasteiger partial charge in [-0.1, -0.05) is 0 Å². The van der Waals surface area contributed by atoms with Gasteiger partial charge >= 0.3 is 0 Å². The largest absolute Gasteiger partial charge is 0.305 e. The van der Waals surface area contributed by atoms with Gasteiger partial charge in [0.1, 0.15) is 5.37 Å². The smallest absolute Gasteiger partial charge is 0.155 e. The Balaban J connectivity index is 3.57. The third kappa shape index (κ3) is 2.59. The topological polar surface area (TPSA) is 46.2 Å². The first-order valence-corrected chi connectivity index (χ1v) is 3.24. The predicted octanol–water partition coefficient (Wildman–Crippen LogP) is -0.837. The van der Waals surface area contributed by atoms with Crippen molar-refractivity contribution >= 4 is 10.7 Å². The summed E-state index contributed by atoms with van der Waals surface area (Å²) in [6.45, 7) is 1.59. The van der Waals surface area contributed by atoms with Gasteiger partial charge in [0.25, 0.3) is 0 Å². The molecular formula is C3H9NO2S. The van der Waals surface area contributed by atoms with Crippen molar-refractivity contribution in [3.8, 4) is 0 Å². The van der Waals surface area contributed by atoms with Crippen LogP contribution in [0.2, 0.25) is 0 Å². The number of hydrogen-bond acceptors (Lipinski definition) is 3. The summed E-state index contributed by atoms with van der Waals surface area (Å²) < 4.78 is 19.8. The molecule has 0 aliphatic heterocycles. The van der Waals surface area contributed by atoms with E-state index in [2.05, 4.69) is 5.32 Å². The van der Waals surface area contributed by atoms with Crippen molar-refractivity contribution in [2.75, 3.05) is 7.05 Å². The Morgan fingerprint density at radius 3 is 2.00 bits per heavy atom. The summed E-state index contributed by atoms with van der Waals surface area (Å²) in [6.07, 6.45) is 0. The Morgan fingerprint density at radius 1 is 1.57 bits per heavy atom. The van der Waals surface area contributed by atoms with Crippen LogP contribution >= 0.6 is 0 Å². The average molecular weight is 123 g/mol. The standard InChI is InChI=1S/C3H9NO2S/c1-3(4-2)7(5)6/h3-4,7H,1-2H3. The molecule has 0 aliphatic rings. The molecule has 0 aromatic rings. The van der Waals surface area contributed by atoms with Gasteiger partial charge in [-0.15, -0.1) is 0 Å². The fourth-order valence-corrected chi connectivity index (χ4v) is 0.316. The van der Waals surface area contributed by atoms with E-state index in [1.54, 1.807) is 14.0 Å². The van der Waals surface area contributed by atoms with Crippen molar-refractivity contribution in [3.05, 3.63) is 0 Å². The fraction of sp³-hybridized carbons (Fsp3) is 1.00. The van der Waals surface area contributed by atoms with Crippen LogP contribution in [-0.4, -0.2) is 20.8 Å². The second-order valence-corrected chi connectivity index (χ2v) is 2.60. The molecule has 0 bridgehead atoms. The third-order valence-corrected chi connectivity index (χ3v) is 1.62. The Bertz CT molecular complexity index is 102. The third-order valence-electron chi connectivity index (χ3n) is 0.734. The lowest BCUT2D eigenvalue weighted by atomic mass is 10.8. The molecule has 0 spiro atoms. The highest BCUT2D eigenvalue weighted by Crippen LogP contribution is 1.74. The van der Waals surface area contributed by atoms with Crippen LogP contribution in [0.25, 0.3) is 0 Å². The van der Waals surface area contributed by atoms with E-state index >= 15 is 0 Å². The normalized spacial score (nSPS) is 14.7. The van der Waals surface area contributed by atoms with Gasteiger partial charge in [0.15, 0.2) is 10.7 Å². The summed E-state index contributed by atoms with van der Waals surface area (Å²) >= 11 is 0. The Hall–Kier alpha value is -0.0900. The van der Waals surface area contributed by atoms with E-state index in [9.17, 15) is 8.42 Å². The molecule has 1 N–H and O–H groups in total. The summed E-state index contributed by atoms with van der Waals surface area (Å²) in [7, 11) is -0.666. The van der Waals surface area contributed by atoms with Crippen molar-refractivity contribution in [3.63, 3.8) is 0 Å². The zero-order valence-corrected chi connectivity index (χ0v) is 5.24. The van der Waals surface area contributed by atoms with E-state index in [1.165, 1.54) is 0 Å². The Kier molecular flexibility index (Phi) is 2.95. The molecule has 0 aromatic heterocycles. The van der Waals surface area contributed by atoms with Crippen LogP contribution in [-0.2, 0) is 10.7 Å². The predicted molar refractivity (Wildman–Crippen MR) is 28.8 cm³/mol. The van der Waals surface area contributed by atoms with Gasteiger partial charge < -0.3 is 5.32 Å². The molecule has 0 fully saturated rings. The summed E-state index contributed by atoms with van der Waals surface area (Å²) in [5.74, 6) is 0. The van der Waals surface area contributed by atoms with Crippen LogP contribution < -0.4 is 5.32 Å². The van der Waals surface area contributed by atoms with Crippen molar-refractivity contribution in [1.29, 1.82) is 0 Å². The van der Waals surface area contributed by atoms with Gasteiger partial charge in [-0.3, -0.25) is 0 Å². The summed E-state index contributed by atoms with van der Waals surface area (Å²) in [4.78, 5) is 0. The first-order valence-electron chi connectivity index (χ1n) is 1.99. The van der Waals surface area contributed by atoms with Crippen LogP contribution in [0.3, 0.4) is 0 Å². The molecule has 1 unspecified atom stereocenters. The van der Waals surface area contributed by atoms with Crippen LogP contribution in [0, 0.1) is 0 Å². The molecule has 0 rings (SSSR count). The van der Waals surface area contributed by atoms with Crippen LogP contribution in [0.1, 0.15) is 6.92 Å². The molecule has 4 heteroatoms. The molecule has 3 nitrogen and oxygen atoms in total. The highest BCUT2D eigenvalue weighted by molar-refractivity contribution is 7.73. The molecule has 7 heavy (non-hydrogen) atoms. The maximum atomic E-state index is 9.90. The van der Waals surface area contributed by atoms with Crippen LogP contribution in [0.5, 0.6) is 0 Å². The molecule has 0 radical (unpaired) electrons. The highest BCUT2D eigenvalue weighted by atomic mass is 32.2. The molecular weight excluding hydrogens is 114 g/mol. The lowest BCUT2D eigenvalue weighted by Gasteiger charge is -1.95. The maximum Gasteiger partial charge on any atom is 0.155 e. The molecule has 0 heterocycles. The van der Waals surface area contributed by atoms with E-state index in [0.29, 0.717) is 0 Å². The first-order chi connectivity index (χ1) is 3.18. The minimum atomic E-state index is -2.27. The minimum absolute atomic E-state index is 0.394. The van der Waals surface area contributed by atoms with Gasteiger partial charge in [-0.2, -0.15) is 0 Å². The molecule has 0 aliphatic carbocycles. The lowest BCUT2D eigenvalue weighted by Crippen LogP contribution is -2.21. The van der Waals surface area contributed by atoms with Crippen molar-refractivity contribution in [2.24, 2.45) is 0 Å². The second kappa shape index (κ2) is 2.98. The molecule has 0 aromatic carbocycles. The van der Waals surface area contributed by atoms with Gasteiger partial charge in [-0.25, -0.2) is 8.42 Å². The van der Waals surface area contributed by atoms with Crippen LogP contribution in [0.15, 0.2) is 0 Å². The second-order valence-electron chi connectivity index (χ2n) is 1.25. The Labute approximate surface area is 44.7 Å². The number of thiol groups is 1. The quantitative estimate of drug-likeness (QED) is 0.471. The van der Waals surface area contributed by atoms with Gasteiger partial charge in [0.05, 0.1) is 0 Å². The fourth-order valence-electron chi connectivity index (χ4n) is 0.105. The molecule has 0 saturated heterocycles.